The SMILES string of the molecule is COc1ccc(CNC(=O)C(C)(C)C(=O)NC2CCCCC2)cc1. The molecule has 5 nitrogen and oxygen atoms in total. The van der Waals surface area contributed by atoms with Crippen LogP contribution in [0.5, 0.6) is 5.75 Å². The third-order valence-corrected chi connectivity index (χ3v) is 4.69. The van der Waals surface area contributed by atoms with E-state index in [0.717, 1.165) is 37.0 Å². The van der Waals surface area contributed by atoms with Crippen LogP contribution in [0.2, 0.25) is 0 Å². The van der Waals surface area contributed by atoms with Crippen molar-refractivity contribution in [1.29, 1.82) is 0 Å². The molecule has 2 amide bonds. The van der Waals surface area contributed by atoms with Crippen LogP contribution in [-0.4, -0.2) is 25.0 Å². The van der Waals surface area contributed by atoms with Gasteiger partial charge in [0.25, 0.3) is 0 Å². The predicted molar refractivity (Wildman–Crippen MR) is 93.6 cm³/mol. The minimum atomic E-state index is -1.08. The van der Waals surface area contributed by atoms with Gasteiger partial charge in [-0.3, -0.25) is 9.59 Å². The molecule has 2 rings (SSSR count). The van der Waals surface area contributed by atoms with Gasteiger partial charge in [0, 0.05) is 12.6 Å². The van der Waals surface area contributed by atoms with Gasteiger partial charge in [-0.2, -0.15) is 0 Å². The van der Waals surface area contributed by atoms with Crippen LogP contribution in [0.4, 0.5) is 0 Å². The van der Waals surface area contributed by atoms with Crippen LogP contribution in [0.25, 0.3) is 0 Å². The Morgan fingerprint density at radius 3 is 2.29 bits per heavy atom. The van der Waals surface area contributed by atoms with Crippen LogP contribution in [0.15, 0.2) is 24.3 Å². The molecule has 5 heteroatoms. The first-order valence-corrected chi connectivity index (χ1v) is 8.65. The van der Waals surface area contributed by atoms with Crippen LogP contribution < -0.4 is 15.4 Å². The fourth-order valence-corrected chi connectivity index (χ4v) is 2.86. The van der Waals surface area contributed by atoms with Gasteiger partial charge in [-0.1, -0.05) is 31.4 Å². The molecule has 1 aliphatic carbocycles. The van der Waals surface area contributed by atoms with Gasteiger partial charge >= 0.3 is 0 Å². The van der Waals surface area contributed by atoms with E-state index in [1.54, 1.807) is 21.0 Å². The summed E-state index contributed by atoms with van der Waals surface area (Å²) in [5.74, 6) is 0.325. The molecule has 0 spiro atoms. The lowest BCUT2D eigenvalue weighted by Crippen LogP contribution is -2.50. The van der Waals surface area contributed by atoms with Crippen molar-refractivity contribution in [2.24, 2.45) is 5.41 Å². The molecule has 132 valence electrons. The van der Waals surface area contributed by atoms with E-state index in [0.29, 0.717) is 6.54 Å². The lowest BCUT2D eigenvalue weighted by atomic mass is 9.89. The molecule has 0 radical (unpaired) electrons. The van der Waals surface area contributed by atoms with E-state index in [-0.39, 0.29) is 17.9 Å². The molecule has 0 aliphatic heterocycles. The number of benzene rings is 1. The molecule has 2 N–H and O–H groups in total. The Bertz CT molecular complexity index is 560. The summed E-state index contributed by atoms with van der Waals surface area (Å²) >= 11 is 0. The highest BCUT2D eigenvalue weighted by Crippen LogP contribution is 2.21. The molecular formula is C19H28N2O3. The number of ether oxygens (including phenoxy) is 1. The zero-order valence-corrected chi connectivity index (χ0v) is 14.9. The highest BCUT2D eigenvalue weighted by molar-refractivity contribution is 6.04. The molecule has 1 aromatic carbocycles. The second-order valence-electron chi connectivity index (χ2n) is 6.96. The average molecular weight is 332 g/mol. The van der Waals surface area contributed by atoms with Gasteiger partial charge in [0.05, 0.1) is 7.11 Å². The van der Waals surface area contributed by atoms with E-state index in [9.17, 15) is 9.59 Å². The molecule has 0 aromatic heterocycles. The van der Waals surface area contributed by atoms with E-state index in [4.69, 9.17) is 4.74 Å². The van der Waals surface area contributed by atoms with Gasteiger partial charge in [-0.25, -0.2) is 0 Å². The van der Waals surface area contributed by atoms with Gasteiger partial charge in [-0.15, -0.1) is 0 Å². The summed E-state index contributed by atoms with van der Waals surface area (Å²) in [4.78, 5) is 24.9. The highest BCUT2D eigenvalue weighted by Gasteiger charge is 2.36. The number of hydrogen-bond acceptors (Lipinski definition) is 3. The average Bonchev–Trinajstić information content (AvgIpc) is 2.60. The van der Waals surface area contributed by atoms with Crippen molar-refractivity contribution in [3.05, 3.63) is 29.8 Å². The van der Waals surface area contributed by atoms with E-state index < -0.39 is 5.41 Å². The topological polar surface area (TPSA) is 67.4 Å². The maximum Gasteiger partial charge on any atom is 0.235 e. The standard InChI is InChI=1S/C19H28N2O3/c1-19(2,18(23)21-15-7-5-4-6-8-15)17(22)20-13-14-9-11-16(24-3)12-10-14/h9-12,15H,4-8,13H2,1-3H3,(H,20,22)(H,21,23). The van der Waals surface area contributed by atoms with E-state index >= 15 is 0 Å². The minimum Gasteiger partial charge on any atom is -0.497 e. The number of hydrogen-bond donors (Lipinski definition) is 2. The number of carbonyl (C=O) groups excluding carboxylic acids is 2. The minimum absolute atomic E-state index is 0.193. The Balaban J connectivity index is 1.87. The second kappa shape index (κ2) is 8.18. The van der Waals surface area contributed by atoms with Gasteiger partial charge in [0.2, 0.25) is 11.8 Å². The summed E-state index contributed by atoms with van der Waals surface area (Å²) in [5, 5.41) is 5.89. The molecule has 0 bridgehead atoms. The van der Waals surface area contributed by atoms with Gasteiger partial charge in [0.1, 0.15) is 11.2 Å². The van der Waals surface area contributed by atoms with E-state index in [1.807, 2.05) is 24.3 Å². The molecule has 1 fully saturated rings. The zero-order chi connectivity index (χ0) is 17.6. The Morgan fingerprint density at radius 2 is 1.71 bits per heavy atom. The molecule has 0 unspecified atom stereocenters. The Morgan fingerprint density at radius 1 is 1.08 bits per heavy atom. The maximum atomic E-state index is 12.5. The quantitative estimate of drug-likeness (QED) is 0.787. The number of nitrogens with one attached hydrogen (secondary N) is 2. The summed E-state index contributed by atoms with van der Waals surface area (Å²) < 4.78 is 5.11. The maximum absolute atomic E-state index is 12.5. The number of carbonyl (C=O) groups is 2. The monoisotopic (exact) mass is 332 g/mol. The van der Waals surface area contributed by atoms with Crippen molar-refractivity contribution in [3.63, 3.8) is 0 Å². The number of rotatable bonds is 6. The lowest BCUT2D eigenvalue weighted by Gasteiger charge is -2.28. The van der Waals surface area contributed by atoms with Crippen molar-refractivity contribution in [1.82, 2.24) is 10.6 Å². The van der Waals surface area contributed by atoms with Crippen molar-refractivity contribution >= 4 is 11.8 Å². The number of methoxy groups -OCH3 is 1. The summed E-state index contributed by atoms with van der Waals surface area (Å²) in [6, 6.07) is 7.70. The second-order valence-corrected chi connectivity index (χ2v) is 6.96. The molecular weight excluding hydrogens is 304 g/mol. The van der Waals surface area contributed by atoms with Crippen LogP contribution in [0.1, 0.15) is 51.5 Å². The van der Waals surface area contributed by atoms with Crippen LogP contribution in [0, 0.1) is 5.41 Å². The fraction of sp³-hybridized carbons (Fsp3) is 0.579. The Labute approximate surface area is 144 Å². The van der Waals surface area contributed by atoms with Crippen molar-refractivity contribution in [3.8, 4) is 5.75 Å². The third-order valence-electron chi connectivity index (χ3n) is 4.69. The first kappa shape index (κ1) is 18.3. The van der Waals surface area contributed by atoms with Crippen molar-refractivity contribution in [2.75, 3.05) is 7.11 Å². The van der Waals surface area contributed by atoms with Crippen molar-refractivity contribution in [2.45, 2.75) is 58.5 Å². The van der Waals surface area contributed by atoms with Gasteiger partial charge in [0.15, 0.2) is 0 Å². The predicted octanol–water partition coefficient (Wildman–Crippen LogP) is 2.79. The van der Waals surface area contributed by atoms with Crippen LogP contribution >= 0.6 is 0 Å². The fourth-order valence-electron chi connectivity index (χ4n) is 2.86. The lowest BCUT2D eigenvalue weighted by molar-refractivity contribution is -0.142. The van der Waals surface area contributed by atoms with Gasteiger partial charge in [-0.05, 0) is 44.4 Å². The first-order chi connectivity index (χ1) is 11.4. The summed E-state index contributed by atoms with van der Waals surface area (Å²) in [6.45, 7) is 3.74. The van der Waals surface area contributed by atoms with Crippen LogP contribution in [0.3, 0.4) is 0 Å². The van der Waals surface area contributed by atoms with E-state index in [1.165, 1.54) is 6.42 Å². The Hall–Kier alpha value is -2.04. The highest BCUT2D eigenvalue weighted by atomic mass is 16.5. The molecule has 1 saturated carbocycles. The smallest absolute Gasteiger partial charge is 0.235 e. The molecule has 24 heavy (non-hydrogen) atoms. The van der Waals surface area contributed by atoms with Crippen molar-refractivity contribution < 1.29 is 14.3 Å². The normalized spacial score (nSPS) is 15.6. The summed E-state index contributed by atoms with van der Waals surface area (Å²) in [7, 11) is 1.62. The largest absolute Gasteiger partial charge is 0.497 e. The van der Waals surface area contributed by atoms with Crippen LogP contribution in [-0.2, 0) is 16.1 Å². The zero-order valence-electron chi connectivity index (χ0n) is 14.9. The summed E-state index contributed by atoms with van der Waals surface area (Å²) in [6.07, 6.45) is 5.55. The number of amides is 2. The summed E-state index contributed by atoms with van der Waals surface area (Å²) in [5.41, 5.74) is -0.114. The Kier molecular flexibility index (Phi) is 6.23. The molecule has 1 aromatic rings. The molecule has 0 saturated heterocycles. The van der Waals surface area contributed by atoms with Gasteiger partial charge < -0.3 is 15.4 Å². The third kappa shape index (κ3) is 4.73. The first-order valence-electron chi connectivity index (χ1n) is 8.65. The molecule has 0 heterocycles. The van der Waals surface area contributed by atoms with E-state index in [2.05, 4.69) is 10.6 Å². The molecule has 0 atom stereocenters. The molecule has 1 aliphatic rings.